The molecule has 2 rings (SSSR count). The Morgan fingerprint density at radius 3 is 2.82 bits per heavy atom. The molecule has 28 heavy (non-hydrogen) atoms. The summed E-state index contributed by atoms with van der Waals surface area (Å²) in [7, 11) is 0. The number of aryl methyl sites for hydroxylation is 1. The van der Waals surface area contributed by atoms with Gasteiger partial charge in [-0.15, -0.1) is 34.2 Å². The van der Waals surface area contributed by atoms with Crippen LogP contribution < -0.4 is 10.6 Å². The van der Waals surface area contributed by atoms with E-state index >= 15 is 0 Å². The SMILES string of the molecule is CCCNC(=NCC1CN(CC(C)C)CCO1)NCCn1cnnc1CC.I. The minimum atomic E-state index is 0. The third-order valence-electron chi connectivity index (χ3n) is 4.50. The van der Waals surface area contributed by atoms with Crippen molar-refractivity contribution in [1.29, 1.82) is 0 Å². The van der Waals surface area contributed by atoms with Crippen LogP contribution in [0, 0.1) is 5.92 Å². The highest BCUT2D eigenvalue weighted by atomic mass is 127. The molecule has 162 valence electrons. The van der Waals surface area contributed by atoms with Crippen LogP contribution in [0.15, 0.2) is 11.3 Å². The standard InChI is InChI=1S/C19H37N7O.HI/c1-5-7-20-19(21-8-9-26-15-23-24-18(26)6-2)22-12-17-14-25(10-11-27-17)13-16(3)4;/h15-17H,5-14H2,1-4H3,(H2,20,21,22);1H. The van der Waals surface area contributed by atoms with Crippen LogP contribution in [0.1, 0.15) is 39.9 Å². The van der Waals surface area contributed by atoms with E-state index in [2.05, 4.69) is 58.0 Å². The second-order valence-electron chi connectivity index (χ2n) is 7.48. The lowest BCUT2D eigenvalue weighted by Crippen LogP contribution is -2.46. The van der Waals surface area contributed by atoms with Gasteiger partial charge in [0, 0.05) is 45.7 Å². The van der Waals surface area contributed by atoms with E-state index in [1.807, 2.05) is 0 Å². The first kappa shape index (κ1) is 25.1. The third kappa shape index (κ3) is 9.04. The van der Waals surface area contributed by atoms with Gasteiger partial charge in [-0.2, -0.15) is 0 Å². The highest BCUT2D eigenvalue weighted by molar-refractivity contribution is 14.0. The van der Waals surface area contributed by atoms with Crippen LogP contribution in [-0.2, 0) is 17.7 Å². The Balaban J connectivity index is 0.00000392. The van der Waals surface area contributed by atoms with Crippen LogP contribution in [0.4, 0.5) is 0 Å². The number of guanidine groups is 1. The van der Waals surface area contributed by atoms with Crippen molar-refractivity contribution in [2.24, 2.45) is 10.9 Å². The molecular weight excluding hydrogens is 469 g/mol. The van der Waals surface area contributed by atoms with E-state index in [9.17, 15) is 0 Å². The van der Waals surface area contributed by atoms with Crippen LogP contribution in [0.5, 0.6) is 0 Å². The number of hydrogen-bond acceptors (Lipinski definition) is 5. The molecule has 1 atom stereocenters. The first-order chi connectivity index (χ1) is 13.1. The second kappa shape index (κ2) is 14.1. The van der Waals surface area contributed by atoms with Gasteiger partial charge in [-0.3, -0.25) is 9.89 Å². The van der Waals surface area contributed by atoms with E-state index in [-0.39, 0.29) is 30.1 Å². The highest BCUT2D eigenvalue weighted by Crippen LogP contribution is 2.08. The first-order valence-corrected chi connectivity index (χ1v) is 10.3. The lowest BCUT2D eigenvalue weighted by atomic mass is 10.2. The molecule has 8 nitrogen and oxygen atoms in total. The van der Waals surface area contributed by atoms with E-state index < -0.39 is 0 Å². The second-order valence-corrected chi connectivity index (χ2v) is 7.48. The van der Waals surface area contributed by atoms with E-state index in [4.69, 9.17) is 9.73 Å². The molecule has 0 radical (unpaired) electrons. The van der Waals surface area contributed by atoms with Gasteiger partial charge in [0.2, 0.25) is 0 Å². The molecule has 0 spiro atoms. The first-order valence-electron chi connectivity index (χ1n) is 10.3. The molecule has 0 bridgehead atoms. The number of morpholine rings is 1. The number of ether oxygens (including phenoxy) is 1. The summed E-state index contributed by atoms with van der Waals surface area (Å²) in [4.78, 5) is 7.25. The van der Waals surface area contributed by atoms with Crippen LogP contribution in [0.3, 0.4) is 0 Å². The zero-order valence-electron chi connectivity index (χ0n) is 17.9. The van der Waals surface area contributed by atoms with Crippen molar-refractivity contribution < 1.29 is 4.74 Å². The van der Waals surface area contributed by atoms with Gasteiger partial charge < -0.3 is 19.9 Å². The predicted octanol–water partition coefficient (Wildman–Crippen LogP) is 1.76. The molecule has 2 N–H and O–H groups in total. The number of hydrogen-bond donors (Lipinski definition) is 2. The van der Waals surface area contributed by atoms with Crippen molar-refractivity contribution in [3.8, 4) is 0 Å². The highest BCUT2D eigenvalue weighted by Gasteiger charge is 2.20. The zero-order valence-corrected chi connectivity index (χ0v) is 20.2. The van der Waals surface area contributed by atoms with Crippen molar-refractivity contribution in [3.63, 3.8) is 0 Å². The lowest BCUT2D eigenvalue weighted by Gasteiger charge is -2.33. The third-order valence-corrected chi connectivity index (χ3v) is 4.50. The Hall–Kier alpha value is -0.940. The fourth-order valence-electron chi connectivity index (χ4n) is 3.22. The Labute approximate surface area is 186 Å². The quantitative estimate of drug-likeness (QED) is 0.286. The number of halogens is 1. The van der Waals surface area contributed by atoms with Crippen molar-refractivity contribution in [3.05, 3.63) is 12.2 Å². The summed E-state index contributed by atoms with van der Waals surface area (Å²) in [5.41, 5.74) is 0. The fourth-order valence-corrected chi connectivity index (χ4v) is 3.22. The van der Waals surface area contributed by atoms with Crippen molar-refractivity contribution >= 4 is 29.9 Å². The van der Waals surface area contributed by atoms with Crippen LogP contribution in [-0.4, -0.2) is 77.6 Å². The Morgan fingerprint density at radius 1 is 1.32 bits per heavy atom. The van der Waals surface area contributed by atoms with Gasteiger partial charge in [0.1, 0.15) is 12.2 Å². The van der Waals surface area contributed by atoms with Crippen molar-refractivity contribution in [1.82, 2.24) is 30.3 Å². The Bertz CT molecular complexity index is 564. The summed E-state index contributed by atoms with van der Waals surface area (Å²) in [6, 6.07) is 0. The van der Waals surface area contributed by atoms with Crippen LogP contribution >= 0.6 is 24.0 Å². The average molecular weight is 507 g/mol. The lowest BCUT2D eigenvalue weighted by molar-refractivity contribution is -0.0261. The molecule has 0 saturated carbocycles. The summed E-state index contributed by atoms with van der Waals surface area (Å²) < 4.78 is 8.00. The fraction of sp³-hybridized carbons (Fsp3) is 0.842. The van der Waals surface area contributed by atoms with Crippen molar-refractivity contribution in [2.45, 2.75) is 53.2 Å². The average Bonchev–Trinajstić information content (AvgIpc) is 3.10. The summed E-state index contributed by atoms with van der Waals surface area (Å²) in [5, 5.41) is 14.9. The molecule has 2 heterocycles. The predicted molar refractivity (Wildman–Crippen MR) is 124 cm³/mol. The van der Waals surface area contributed by atoms with Gasteiger partial charge in [-0.1, -0.05) is 27.7 Å². The summed E-state index contributed by atoms with van der Waals surface area (Å²) in [6.45, 7) is 15.9. The van der Waals surface area contributed by atoms with E-state index in [1.165, 1.54) is 0 Å². The molecule has 0 amide bonds. The Morgan fingerprint density at radius 2 is 2.11 bits per heavy atom. The van der Waals surface area contributed by atoms with Gasteiger partial charge in [-0.05, 0) is 12.3 Å². The molecule has 0 aromatic carbocycles. The molecule has 1 aliphatic rings. The molecule has 0 aliphatic carbocycles. The van der Waals surface area contributed by atoms with Crippen molar-refractivity contribution in [2.75, 3.05) is 45.9 Å². The van der Waals surface area contributed by atoms with Gasteiger partial charge in [0.05, 0.1) is 19.3 Å². The minimum Gasteiger partial charge on any atom is -0.374 e. The molecule has 1 fully saturated rings. The van der Waals surface area contributed by atoms with Gasteiger partial charge >= 0.3 is 0 Å². The van der Waals surface area contributed by atoms with Gasteiger partial charge in [-0.25, -0.2) is 0 Å². The molecule has 1 saturated heterocycles. The zero-order chi connectivity index (χ0) is 19.5. The number of aliphatic imine (C=N–C) groups is 1. The maximum atomic E-state index is 5.91. The number of aromatic nitrogens is 3. The monoisotopic (exact) mass is 507 g/mol. The number of nitrogens with one attached hydrogen (secondary N) is 2. The summed E-state index contributed by atoms with van der Waals surface area (Å²) in [6.07, 6.45) is 3.91. The number of nitrogens with zero attached hydrogens (tertiary/aromatic N) is 5. The number of rotatable bonds is 10. The molecule has 1 unspecified atom stereocenters. The Kier molecular flexibility index (Phi) is 12.6. The normalized spacial score (nSPS) is 18.2. The molecule has 1 aliphatic heterocycles. The summed E-state index contributed by atoms with van der Waals surface area (Å²) in [5.74, 6) is 2.55. The molecular formula is C19H38IN7O. The maximum absolute atomic E-state index is 5.91. The largest absolute Gasteiger partial charge is 0.374 e. The van der Waals surface area contributed by atoms with E-state index in [1.54, 1.807) is 6.33 Å². The van der Waals surface area contributed by atoms with Gasteiger partial charge in [0.15, 0.2) is 5.96 Å². The van der Waals surface area contributed by atoms with Crippen LogP contribution in [0.25, 0.3) is 0 Å². The smallest absolute Gasteiger partial charge is 0.191 e. The molecule has 9 heteroatoms. The summed E-state index contributed by atoms with van der Waals surface area (Å²) >= 11 is 0. The van der Waals surface area contributed by atoms with Crippen LogP contribution in [0.2, 0.25) is 0 Å². The topological polar surface area (TPSA) is 79.6 Å². The molecule has 1 aromatic heterocycles. The molecule has 1 aromatic rings. The minimum absolute atomic E-state index is 0. The maximum Gasteiger partial charge on any atom is 0.191 e. The van der Waals surface area contributed by atoms with Gasteiger partial charge in [0.25, 0.3) is 0 Å². The van der Waals surface area contributed by atoms with E-state index in [0.29, 0.717) is 12.5 Å². The van der Waals surface area contributed by atoms with E-state index in [0.717, 1.165) is 70.5 Å².